The molecule has 1 fully saturated rings. The smallest absolute Gasteiger partial charge is 0.0658 e. The van der Waals surface area contributed by atoms with Crippen molar-refractivity contribution in [3.63, 3.8) is 0 Å². The average molecular weight is 155 g/mol. The van der Waals surface area contributed by atoms with Crippen LogP contribution in [0.1, 0.15) is 13.8 Å². The van der Waals surface area contributed by atoms with E-state index >= 15 is 0 Å². The van der Waals surface area contributed by atoms with E-state index in [0.29, 0.717) is 6.04 Å². The molecule has 1 heterocycles. The zero-order valence-electron chi connectivity index (χ0n) is 7.42. The Morgan fingerprint density at radius 3 is 3.09 bits per heavy atom. The summed E-state index contributed by atoms with van der Waals surface area (Å²) < 4.78 is 5.37. The molecule has 1 atom stereocenters. The highest BCUT2D eigenvalue weighted by atomic mass is 16.5. The highest BCUT2D eigenvalue weighted by Crippen LogP contribution is 2.06. The largest absolute Gasteiger partial charge is 0.378 e. The van der Waals surface area contributed by atoms with Gasteiger partial charge in [-0.1, -0.05) is 19.1 Å². The molecule has 1 aliphatic rings. The van der Waals surface area contributed by atoms with E-state index in [4.69, 9.17) is 4.74 Å². The molecule has 0 saturated carbocycles. The minimum Gasteiger partial charge on any atom is -0.378 e. The van der Waals surface area contributed by atoms with E-state index in [1.54, 1.807) is 0 Å². The number of ether oxygens (including phenoxy) is 1. The summed E-state index contributed by atoms with van der Waals surface area (Å²) in [6, 6.07) is 0.513. The zero-order chi connectivity index (χ0) is 8.10. The van der Waals surface area contributed by atoms with Gasteiger partial charge in [-0.2, -0.15) is 0 Å². The van der Waals surface area contributed by atoms with Crippen LogP contribution in [0, 0.1) is 0 Å². The molecule has 0 aromatic rings. The molecule has 0 aliphatic carbocycles. The molecule has 64 valence electrons. The lowest BCUT2D eigenvalue weighted by Crippen LogP contribution is -2.43. The van der Waals surface area contributed by atoms with Crippen molar-refractivity contribution in [2.75, 3.05) is 26.3 Å². The number of rotatable bonds is 2. The minimum absolute atomic E-state index is 0.513. The van der Waals surface area contributed by atoms with Crippen molar-refractivity contribution in [2.45, 2.75) is 19.9 Å². The fraction of sp³-hybridized carbons (Fsp3) is 0.778. The Balaban J connectivity index is 2.44. The number of allylic oxidation sites excluding steroid dienone is 1. The lowest BCUT2D eigenvalue weighted by molar-refractivity contribution is 0.0129. The summed E-state index contributed by atoms with van der Waals surface area (Å²) in [6.07, 6.45) is 4.31. The fourth-order valence-electron chi connectivity index (χ4n) is 1.45. The Labute approximate surface area is 68.8 Å². The molecule has 0 radical (unpaired) electrons. The van der Waals surface area contributed by atoms with Crippen molar-refractivity contribution in [3.8, 4) is 0 Å². The SMILES string of the molecule is C/C=C/C1COCCN1CC. The number of likely N-dealkylation sites (N-methyl/N-ethyl adjacent to an activating group) is 1. The lowest BCUT2D eigenvalue weighted by atomic mass is 10.2. The molecule has 0 aromatic heterocycles. The van der Waals surface area contributed by atoms with E-state index in [1.807, 2.05) is 0 Å². The Bertz CT molecular complexity index is 134. The second kappa shape index (κ2) is 4.52. The zero-order valence-corrected chi connectivity index (χ0v) is 7.42. The summed E-state index contributed by atoms with van der Waals surface area (Å²) in [6.45, 7) is 8.20. The van der Waals surface area contributed by atoms with Gasteiger partial charge in [0.05, 0.1) is 19.3 Å². The van der Waals surface area contributed by atoms with Crippen LogP contribution < -0.4 is 0 Å². The minimum atomic E-state index is 0.513. The predicted molar refractivity (Wildman–Crippen MR) is 46.7 cm³/mol. The second-order valence-electron chi connectivity index (χ2n) is 2.80. The first-order chi connectivity index (χ1) is 5.38. The number of hydrogen-bond donors (Lipinski definition) is 0. The van der Waals surface area contributed by atoms with Gasteiger partial charge in [-0.05, 0) is 13.5 Å². The van der Waals surface area contributed by atoms with Crippen LogP contribution in [0.25, 0.3) is 0 Å². The molecule has 1 aliphatic heterocycles. The summed E-state index contributed by atoms with van der Waals surface area (Å²) in [5, 5.41) is 0. The van der Waals surface area contributed by atoms with Gasteiger partial charge in [0.25, 0.3) is 0 Å². The Morgan fingerprint density at radius 2 is 2.45 bits per heavy atom. The Kier molecular flexibility index (Phi) is 3.60. The Morgan fingerprint density at radius 1 is 1.64 bits per heavy atom. The molecular weight excluding hydrogens is 138 g/mol. The maximum absolute atomic E-state index is 5.37. The molecule has 0 bridgehead atoms. The third-order valence-electron chi connectivity index (χ3n) is 2.10. The standard InChI is InChI=1S/C9H17NO/c1-3-5-9-8-11-7-6-10(9)4-2/h3,5,9H,4,6-8H2,1-2H3/b5-3+. The first kappa shape index (κ1) is 8.75. The van der Waals surface area contributed by atoms with Crippen molar-refractivity contribution < 1.29 is 4.74 Å². The average Bonchev–Trinajstić information content (AvgIpc) is 2.06. The quantitative estimate of drug-likeness (QED) is 0.557. The van der Waals surface area contributed by atoms with E-state index in [-0.39, 0.29) is 0 Å². The molecule has 0 aromatic carbocycles. The van der Waals surface area contributed by atoms with E-state index in [1.165, 1.54) is 0 Å². The summed E-state index contributed by atoms with van der Waals surface area (Å²) in [5.41, 5.74) is 0. The molecule has 2 heteroatoms. The van der Waals surface area contributed by atoms with E-state index < -0.39 is 0 Å². The van der Waals surface area contributed by atoms with Crippen molar-refractivity contribution in [1.82, 2.24) is 4.90 Å². The normalized spacial score (nSPS) is 28.0. The van der Waals surface area contributed by atoms with Crippen LogP contribution in [-0.2, 0) is 4.74 Å². The molecule has 0 amide bonds. The van der Waals surface area contributed by atoms with Gasteiger partial charge in [-0.15, -0.1) is 0 Å². The molecule has 0 N–H and O–H groups in total. The van der Waals surface area contributed by atoms with Crippen LogP contribution in [0.3, 0.4) is 0 Å². The number of morpholine rings is 1. The van der Waals surface area contributed by atoms with Gasteiger partial charge in [0, 0.05) is 6.54 Å². The van der Waals surface area contributed by atoms with Gasteiger partial charge < -0.3 is 4.74 Å². The van der Waals surface area contributed by atoms with Crippen molar-refractivity contribution >= 4 is 0 Å². The monoisotopic (exact) mass is 155 g/mol. The molecule has 1 unspecified atom stereocenters. The van der Waals surface area contributed by atoms with Gasteiger partial charge >= 0.3 is 0 Å². The molecular formula is C9H17NO. The van der Waals surface area contributed by atoms with Gasteiger partial charge in [0.15, 0.2) is 0 Å². The maximum atomic E-state index is 5.37. The summed E-state index contributed by atoms with van der Waals surface area (Å²) in [5.74, 6) is 0. The first-order valence-electron chi connectivity index (χ1n) is 4.33. The molecule has 2 nitrogen and oxygen atoms in total. The summed E-state index contributed by atoms with van der Waals surface area (Å²) >= 11 is 0. The van der Waals surface area contributed by atoms with Gasteiger partial charge in [0.1, 0.15) is 0 Å². The van der Waals surface area contributed by atoms with Crippen molar-refractivity contribution in [1.29, 1.82) is 0 Å². The summed E-state index contributed by atoms with van der Waals surface area (Å²) in [4.78, 5) is 2.43. The Hall–Kier alpha value is -0.340. The lowest BCUT2D eigenvalue weighted by Gasteiger charge is -2.32. The highest BCUT2D eigenvalue weighted by molar-refractivity contribution is 4.93. The van der Waals surface area contributed by atoms with E-state index in [9.17, 15) is 0 Å². The van der Waals surface area contributed by atoms with Crippen LogP contribution >= 0.6 is 0 Å². The molecule has 11 heavy (non-hydrogen) atoms. The van der Waals surface area contributed by atoms with Gasteiger partial charge in [-0.3, -0.25) is 4.90 Å². The van der Waals surface area contributed by atoms with Crippen LogP contribution in [0.2, 0.25) is 0 Å². The molecule has 0 spiro atoms. The highest BCUT2D eigenvalue weighted by Gasteiger charge is 2.17. The van der Waals surface area contributed by atoms with Gasteiger partial charge in [0.2, 0.25) is 0 Å². The topological polar surface area (TPSA) is 12.5 Å². The first-order valence-corrected chi connectivity index (χ1v) is 4.33. The summed E-state index contributed by atoms with van der Waals surface area (Å²) in [7, 11) is 0. The van der Waals surface area contributed by atoms with Crippen LogP contribution in [0.4, 0.5) is 0 Å². The molecule has 1 rings (SSSR count). The van der Waals surface area contributed by atoms with E-state index in [2.05, 4.69) is 30.9 Å². The fourth-order valence-corrected chi connectivity index (χ4v) is 1.45. The van der Waals surface area contributed by atoms with Crippen molar-refractivity contribution in [2.24, 2.45) is 0 Å². The third-order valence-corrected chi connectivity index (χ3v) is 2.10. The molecule has 1 saturated heterocycles. The van der Waals surface area contributed by atoms with E-state index in [0.717, 1.165) is 26.3 Å². The van der Waals surface area contributed by atoms with Crippen LogP contribution in [-0.4, -0.2) is 37.2 Å². The van der Waals surface area contributed by atoms with Crippen molar-refractivity contribution in [3.05, 3.63) is 12.2 Å². The van der Waals surface area contributed by atoms with Crippen LogP contribution in [0.5, 0.6) is 0 Å². The van der Waals surface area contributed by atoms with Crippen LogP contribution in [0.15, 0.2) is 12.2 Å². The number of nitrogens with zero attached hydrogens (tertiary/aromatic N) is 1. The predicted octanol–water partition coefficient (Wildman–Crippen LogP) is 1.28. The maximum Gasteiger partial charge on any atom is 0.0658 e. The second-order valence-corrected chi connectivity index (χ2v) is 2.80. The number of hydrogen-bond acceptors (Lipinski definition) is 2. The third kappa shape index (κ3) is 2.31. The van der Waals surface area contributed by atoms with Gasteiger partial charge in [-0.25, -0.2) is 0 Å².